The molecule has 3 nitrogen and oxygen atoms in total. The van der Waals surface area contributed by atoms with Crippen LogP contribution in [0.2, 0.25) is 0 Å². The first-order valence-corrected chi connectivity index (χ1v) is 5.21. The highest BCUT2D eigenvalue weighted by molar-refractivity contribution is 9.10. The molecular weight excluding hydrogens is 242 g/mol. The van der Waals surface area contributed by atoms with Gasteiger partial charge in [-0.05, 0) is 35.0 Å². The molecule has 0 fully saturated rings. The van der Waals surface area contributed by atoms with E-state index in [1.165, 1.54) is 0 Å². The van der Waals surface area contributed by atoms with Crippen molar-refractivity contribution < 1.29 is 0 Å². The molecule has 0 unspecified atom stereocenters. The number of anilines is 1. The van der Waals surface area contributed by atoms with Crippen molar-refractivity contribution in [3.63, 3.8) is 0 Å². The molecule has 0 spiro atoms. The summed E-state index contributed by atoms with van der Waals surface area (Å²) in [5, 5.41) is 7.51. The number of benzene rings is 1. The molecule has 1 rings (SSSR count). The first kappa shape index (κ1) is 11.0. The van der Waals surface area contributed by atoms with Gasteiger partial charge < -0.3 is 10.6 Å². The van der Waals surface area contributed by atoms with E-state index in [0.717, 1.165) is 22.3 Å². The minimum Gasteiger partial charge on any atom is -0.384 e. The van der Waals surface area contributed by atoms with Crippen molar-refractivity contribution in [3.05, 3.63) is 28.2 Å². The maximum atomic E-state index is 7.51. The van der Waals surface area contributed by atoms with Crippen molar-refractivity contribution in [2.45, 2.75) is 6.92 Å². The van der Waals surface area contributed by atoms with Gasteiger partial charge in [-0.1, -0.05) is 6.07 Å². The van der Waals surface area contributed by atoms with Crippen molar-refractivity contribution >= 4 is 27.5 Å². The van der Waals surface area contributed by atoms with Crippen molar-refractivity contribution in [1.29, 1.82) is 5.41 Å². The average Bonchev–Trinajstić information content (AvgIpc) is 2.15. The summed E-state index contributed by atoms with van der Waals surface area (Å²) in [6.07, 6.45) is 0. The van der Waals surface area contributed by atoms with Crippen LogP contribution >= 0.6 is 15.9 Å². The molecular formula is C10H14BrN3. The Labute approximate surface area is 92.5 Å². The summed E-state index contributed by atoms with van der Waals surface area (Å²) < 4.78 is 0.864. The minimum absolute atomic E-state index is 0.0905. The number of rotatable bonds is 3. The highest BCUT2D eigenvalue weighted by Crippen LogP contribution is 2.26. The van der Waals surface area contributed by atoms with Gasteiger partial charge in [-0.25, -0.2) is 0 Å². The van der Waals surface area contributed by atoms with Crippen LogP contribution in [-0.2, 0) is 0 Å². The average molecular weight is 256 g/mol. The van der Waals surface area contributed by atoms with Crippen LogP contribution in [0, 0.1) is 5.41 Å². The second-order valence-electron chi connectivity index (χ2n) is 3.06. The van der Waals surface area contributed by atoms with E-state index in [-0.39, 0.29) is 5.84 Å². The topological polar surface area (TPSA) is 53.1 Å². The van der Waals surface area contributed by atoms with Crippen LogP contribution < -0.4 is 10.6 Å². The third-order valence-corrected chi connectivity index (χ3v) is 2.81. The third-order valence-electron chi connectivity index (χ3n) is 2.15. The lowest BCUT2D eigenvalue weighted by molar-refractivity contribution is 0.965. The Morgan fingerprint density at radius 2 is 2.21 bits per heavy atom. The Kier molecular flexibility index (Phi) is 3.52. The highest BCUT2D eigenvalue weighted by Gasteiger charge is 2.11. The number of nitrogen functional groups attached to an aromatic ring is 1. The SMILES string of the molecule is CCN(C)c1cccc(Br)c1C(=N)N. The molecule has 0 aliphatic rings. The molecule has 0 radical (unpaired) electrons. The van der Waals surface area contributed by atoms with E-state index in [0.29, 0.717) is 0 Å². The van der Waals surface area contributed by atoms with Gasteiger partial charge in [-0.3, -0.25) is 5.41 Å². The predicted octanol–water partition coefficient (Wildman–Crippen LogP) is 2.19. The number of nitrogens with one attached hydrogen (secondary N) is 1. The fourth-order valence-electron chi connectivity index (χ4n) is 1.27. The fourth-order valence-corrected chi connectivity index (χ4v) is 1.84. The van der Waals surface area contributed by atoms with Crippen molar-refractivity contribution in [3.8, 4) is 0 Å². The van der Waals surface area contributed by atoms with Crippen LogP contribution in [-0.4, -0.2) is 19.4 Å². The first-order valence-electron chi connectivity index (χ1n) is 4.42. The first-order chi connectivity index (χ1) is 6.57. The lowest BCUT2D eigenvalue weighted by Crippen LogP contribution is -2.22. The molecule has 1 aromatic carbocycles. The number of halogens is 1. The van der Waals surface area contributed by atoms with Crippen LogP contribution in [0.5, 0.6) is 0 Å². The van der Waals surface area contributed by atoms with Gasteiger partial charge in [0, 0.05) is 23.8 Å². The summed E-state index contributed by atoms with van der Waals surface area (Å²) in [5.41, 5.74) is 7.28. The van der Waals surface area contributed by atoms with Crippen LogP contribution in [0.3, 0.4) is 0 Å². The molecule has 0 aliphatic carbocycles. The van der Waals surface area contributed by atoms with Crippen molar-refractivity contribution in [2.24, 2.45) is 5.73 Å². The van der Waals surface area contributed by atoms with E-state index in [2.05, 4.69) is 27.8 Å². The van der Waals surface area contributed by atoms with Gasteiger partial charge in [0.25, 0.3) is 0 Å². The smallest absolute Gasteiger partial charge is 0.126 e. The zero-order chi connectivity index (χ0) is 10.7. The Balaban J connectivity index is 3.28. The molecule has 0 bridgehead atoms. The van der Waals surface area contributed by atoms with Gasteiger partial charge in [0.15, 0.2) is 0 Å². The van der Waals surface area contributed by atoms with E-state index < -0.39 is 0 Å². The van der Waals surface area contributed by atoms with Gasteiger partial charge in [-0.15, -0.1) is 0 Å². The highest BCUT2D eigenvalue weighted by atomic mass is 79.9. The quantitative estimate of drug-likeness (QED) is 0.643. The normalized spacial score (nSPS) is 9.93. The third kappa shape index (κ3) is 2.07. The number of amidine groups is 1. The van der Waals surface area contributed by atoms with Gasteiger partial charge >= 0.3 is 0 Å². The molecule has 0 saturated heterocycles. The zero-order valence-corrected chi connectivity index (χ0v) is 9.93. The Hall–Kier alpha value is -1.03. The number of hydrogen-bond donors (Lipinski definition) is 2. The monoisotopic (exact) mass is 255 g/mol. The van der Waals surface area contributed by atoms with Gasteiger partial charge in [0.2, 0.25) is 0 Å². The maximum Gasteiger partial charge on any atom is 0.126 e. The van der Waals surface area contributed by atoms with Gasteiger partial charge in [0.05, 0.1) is 5.56 Å². The molecule has 0 amide bonds. The van der Waals surface area contributed by atoms with Crippen LogP contribution in [0.15, 0.2) is 22.7 Å². The molecule has 1 aromatic rings. The van der Waals surface area contributed by atoms with Crippen LogP contribution in [0.4, 0.5) is 5.69 Å². The second kappa shape index (κ2) is 4.46. The van der Waals surface area contributed by atoms with Crippen LogP contribution in [0.1, 0.15) is 12.5 Å². The lowest BCUT2D eigenvalue weighted by atomic mass is 10.1. The Bertz CT molecular complexity index is 349. The number of nitrogens with zero attached hydrogens (tertiary/aromatic N) is 1. The van der Waals surface area contributed by atoms with Crippen molar-refractivity contribution in [1.82, 2.24) is 0 Å². The lowest BCUT2D eigenvalue weighted by Gasteiger charge is -2.20. The minimum atomic E-state index is 0.0905. The molecule has 0 aromatic heterocycles. The zero-order valence-electron chi connectivity index (χ0n) is 8.34. The van der Waals surface area contributed by atoms with E-state index >= 15 is 0 Å². The molecule has 14 heavy (non-hydrogen) atoms. The van der Waals surface area contributed by atoms with Crippen molar-refractivity contribution in [2.75, 3.05) is 18.5 Å². The fraction of sp³-hybridized carbons (Fsp3) is 0.300. The molecule has 3 N–H and O–H groups in total. The van der Waals surface area contributed by atoms with E-state index in [1.807, 2.05) is 25.2 Å². The van der Waals surface area contributed by atoms with E-state index in [1.54, 1.807) is 0 Å². The Morgan fingerprint density at radius 1 is 1.57 bits per heavy atom. The van der Waals surface area contributed by atoms with E-state index in [4.69, 9.17) is 11.1 Å². The van der Waals surface area contributed by atoms with Gasteiger partial charge in [-0.2, -0.15) is 0 Å². The summed E-state index contributed by atoms with van der Waals surface area (Å²) in [7, 11) is 1.98. The largest absolute Gasteiger partial charge is 0.384 e. The molecule has 76 valence electrons. The number of nitrogens with two attached hydrogens (primary N) is 1. The molecule has 4 heteroatoms. The summed E-state index contributed by atoms with van der Waals surface area (Å²) in [6.45, 7) is 2.95. The number of hydrogen-bond acceptors (Lipinski definition) is 2. The summed E-state index contributed by atoms with van der Waals surface area (Å²) in [4.78, 5) is 2.06. The Morgan fingerprint density at radius 3 is 2.71 bits per heavy atom. The molecule has 0 aliphatic heterocycles. The summed E-state index contributed by atoms with van der Waals surface area (Å²) in [5.74, 6) is 0.0905. The maximum absolute atomic E-state index is 7.51. The van der Waals surface area contributed by atoms with Gasteiger partial charge in [0.1, 0.15) is 5.84 Å². The standard InChI is InChI=1S/C10H14BrN3/c1-3-14(2)8-6-4-5-7(11)9(8)10(12)13/h4-6H,3H2,1-2H3,(H3,12,13). The summed E-state index contributed by atoms with van der Waals surface area (Å²) in [6, 6.07) is 5.80. The van der Waals surface area contributed by atoms with E-state index in [9.17, 15) is 0 Å². The molecule has 0 saturated carbocycles. The van der Waals surface area contributed by atoms with Crippen LogP contribution in [0.25, 0.3) is 0 Å². The molecule has 0 atom stereocenters. The summed E-state index contributed by atoms with van der Waals surface area (Å²) >= 11 is 3.40. The molecule has 0 heterocycles. The predicted molar refractivity (Wildman–Crippen MR) is 64.1 cm³/mol. The second-order valence-corrected chi connectivity index (χ2v) is 3.92.